The van der Waals surface area contributed by atoms with E-state index in [9.17, 15) is 76.3 Å². The molecule has 0 amide bonds. The van der Waals surface area contributed by atoms with E-state index < -0.39 is 136 Å². The van der Waals surface area contributed by atoms with Crippen LogP contribution >= 0.6 is 0 Å². The highest BCUT2D eigenvalue weighted by Crippen LogP contribution is 2.36. The molecule has 246 valence electrons. The summed E-state index contributed by atoms with van der Waals surface area (Å²) in [4.78, 5) is 11.5. The average molecular weight is 623 g/mol. The van der Waals surface area contributed by atoms with Crippen LogP contribution in [-0.4, -0.2) is 201 Å². The van der Waals surface area contributed by atoms with Crippen LogP contribution in [0.4, 0.5) is 0 Å². The second kappa shape index (κ2) is 14.2. The van der Waals surface area contributed by atoms with Crippen LogP contribution in [0.5, 0.6) is 0 Å². The Morgan fingerprint density at radius 1 is 0.690 bits per heavy atom. The number of aliphatic hydroxyl groups is 13. The maximum absolute atomic E-state index is 11.5. The normalized spacial score (nSPS) is 47.0. The number of rotatable bonds is 11. The van der Waals surface area contributed by atoms with Gasteiger partial charge in [0, 0.05) is 6.42 Å². The summed E-state index contributed by atoms with van der Waals surface area (Å²) in [5.74, 6) is -4.98. The predicted octanol–water partition coefficient (Wildman–Crippen LogP) is -9.01. The summed E-state index contributed by atoms with van der Waals surface area (Å²) in [6, 6.07) is 0. The van der Waals surface area contributed by atoms with Crippen molar-refractivity contribution in [3.63, 3.8) is 0 Å². The maximum Gasteiger partial charge on any atom is 0.364 e. The molecule has 20 heteroatoms. The summed E-state index contributed by atoms with van der Waals surface area (Å²) in [6.07, 6.45) is -32.4. The van der Waals surface area contributed by atoms with Crippen molar-refractivity contribution in [2.24, 2.45) is 0 Å². The van der Waals surface area contributed by atoms with Gasteiger partial charge in [0.2, 0.25) is 0 Å². The Kier molecular flexibility index (Phi) is 11.9. The minimum Gasteiger partial charge on any atom is -0.477 e. The zero-order chi connectivity index (χ0) is 31.7. The van der Waals surface area contributed by atoms with Crippen LogP contribution < -0.4 is 0 Å². The largest absolute Gasteiger partial charge is 0.477 e. The molecule has 0 spiro atoms. The van der Waals surface area contributed by atoms with Crippen LogP contribution in [0.15, 0.2) is 0 Å². The van der Waals surface area contributed by atoms with E-state index in [1.54, 1.807) is 0 Å². The van der Waals surface area contributed by atoms with Crippen molar-refractivity contribution >= 4 is 5.97 Å². The van der Waals surface area contributed by atoms with Gasteiger partial charge in [-0.1, -0.05) is 0 Å². The Labute approximate surface area is 236 Å². The second-order valence-corrected chi connectivity index (χ2v) is 10.3. The van der Waals surface area contributed by atoms with Gasteiger partial charge in [-0.15, -0.1) is 0 Å². The number of carbonyl (C=O) groups is 1. The number of ether oxygens (including phenoxy) is 5. The molecule has 0 bridgehead atoms. The van der Waals surface area contributed by atoms with Crippen molar-refractivity contribution in [1.82, 2.24) is 0 Å². The number of hydrogen-bond donors (Lipinski definition) is 14. The maximum atomic E-state index is 11.5. The third-order valence-corrected chi connectivity index (χ3v) is 7.32. The third-order valence-electron chi connectivity index (χ3n) is 7.32. The van der Waals surface area contributed by atoms with Crippen LogP contribution in [-0.2, 0) is 28.5 Å². The zero-order valence-electron chi connectivity index (χ0n) is 21.8. The molecule has 3 rings (SSSR count). The minimum atomic E-state index is -3.03. The monoisotopic (exact) mass is 622 g/mol. The molecule has 3 aliphatic rings. The van der Waals surface area contributed by atoms with E-state index in [0.717, 1.165) is 0 Å². The summed E-state index contributed by atoms with van der Waals surface area (Å²) in [5, 5.41) is 141. The molecule has 17 unspecified atom stereocenters. The summed E-state index contributed by atoms with van der Waals surface area (Å²) < 4.78 is 26.6. The van der Waals surface area contributed by atoms with Gasteiger partial charge in [-0.05, 0) is 0 Å². The Morgan fingerprint density at radius 2 is 1.14 bits per heavy atom. The number of aliphatic carboxylic acids is 1. The molecule has 20 nitrogen and oxygen atoms in total. The molecule has 0 aromatic carbocycles. The lowest BCUT2D eigenvalue weighted by Gasteiger charge is -2.49. The van der Waals surface area contributed by atoms with Gasteiger partial charge in [-0.25, -0.2) is 4.79 Å². The van der Waals surface area contributed by atoms with E-state index in [2.05, 4.69) is 0 Å². The van der Waals surface area contributed by atoms with Gasteiger partial charge in [0.1, 0.15) is 79.4 Å². The van der Waals surface area contributed by atoms with Crippen molar-refractivity contribution in [3.8, 4) is 0 Å². The van der Waals surface area contributed by atoms with Gasteiger partial charge in [0.25, 0.3) is 5.79 Å². The van der Waals surface area contributed by atoms with E-state index >= 15 is 0 Å². The second-order valence-electron chi connectivity index (χ2n) is 10.3. The van der Waals surface area contributed by atoms with Crippen molar-refractivity contribution in [1.29, 1.82) is 0 Å². The molecule has 3 aliphatic heterocycles. The fourth-order valence-electron chi connectivity index (χ4n) is 4.94. The molecule has 0 aliphatic carbocycles. The number of carboxylic acid groups (broad SMARTS) is 1. The van der Waals surface area contributed by atoms with Crippen LogP contribution in [0.2, 0.25) is 0 Å². The molecule has 3 saturated heterocycles. The molecule has 3 heterocycles. The fourth-order valence-corrected chi connectivity index (χ4v) is 4.94. The first-order valence-corrected chi connectivity index (χ1v) is 12.8. The average Bonchev–Trinajstić information content (AvgIpc) is 2.96. The van der Waals surface area contributed by atoms with E-state index in [1.807, 2.05) is 0 Å². The van der Waals surface area contributed by atoms with Gasteiger partial charge in [0.15, 0.2) is 12.6 Å². The number of hydrogen-bond acceptors (Lipinski definition) is 19. The summed E-state index contributed by atoms with van der Waals surface area (Å²) in [7, 11) is 0. The predicted molar refractivity (Wildman–Crippen MR) is 124 cm³/mol. The quantitative estimate of drug-likeness (QED) is 0.102. The highest BCUT2D eigenvalue weighted by Gasteiger charge is 2.57. The van der Waals surface area contributed by atoms with Crippen LogP contribution in [0.3, 0.4) is 0 Å². The van der Waals surface area contributed by atoms with Crippen LogP contribution in [0, 0.1) is 0 Å². The fraction of sp³-hybridized carbons (Fsp3) is 0.955. The van der Waals surface area contributed by atoms with Crippen LogP contribution in [0.25, 0.3) is 0 Å². The lowest BCUT2D eigenvalue weighted by molar-refractivity contribution is -0.386. The third kappa shape index (κ3) is 7.01. The van der Waals surface area contributed by atoms with E-state index in [4.69, 9.17) is 23.7 Å². The standard InChI is InChI=1S/C22H38O20/c23-2-6(27)14-10(31)9(30)11(32)19(38-14)41-18-12(33)15(7(28)3-24)39-20(13(18)34)40-16-5(26)1-22(37,21(35)36)42-17(16)8(29)4-25/h5-20,23-34,37H,1-4H2,(H,35,36). The molecule has 0 radical (unpaired) electrons. The van der Waals surface area contributed by atoms with Crippen LogP contribution in [0.1, 0.15) is 6.42 Å². The smallest absolute Gasteiger partial charge is 0.364 e. The van der Waals surface area contributed by atoms with Crippen molar-refractivity contribution in [3.05, 3.63) is 0 Å². The van der Waals surface area contributed by atoms with Gasteiger partial charge in [-0.2, -0.15) is 0 Å². The first-order valence-electron chi connectivity index (χ1n) is 12.8. The first kappa shape index (κ1) is 35.2. The molecule has 3 fully saturated rings. The minimum absolute atomic E-state index is 0.954. The summed E-state index contributed by atoms with van der Waals surface area (Å²) in [5.41, 5.74) is 0. The molecule has 42 heavy (non-hydrogen) atoms. The van der Waals surface area contributed by atoms with E-state index in [0.29, 0.717) is 0 Å². The summed E-state index contributed by atoms with van der Waals surface area (Å²) in [6.45, 7) is -3.06. The Bertz CT molecular complexity index is 881. The van der Waals surface area contributed by atoms with Crippen molar-refractivity contribution in [2.75, 3.05) is 19.8 Å². The van der Waals surface area contributed by atoms with Crippen molar-refractivity contribution < 1.29 is 100.0 Å². The Morgan fingerprint density at radius 3 is 1.64 bits per heavy atom. The Balaban J connectivity index is 1.90. The lowest BCUT2D eigenvalue weighted by Crippen LogP contribution is -2.68. The molecular weight excluding hydrogens is 584 g/mol. The van der Waals surface area contributed by atoms with Gasteiger partial charge >= 0.3 is 5.97 Å². The SMILES string of the molecule is O=C(O)C1(O)CC(O)C(OC2OC(C(O)CO)C(O)C(OC3OC(C(O)CO)C(O)C(O)C3O)C2O)C(C(O)CO)O1. The Hall–Kier alpha value is -1.25. The first-order chi connectivity index (χ1) is 19.6. The van der Waals surface area contributed by atoms with E-state index in [-0.39, 0.29) is 0 Å². The summed E-state index contributed by atoms with van der Waals surface area (Å²) >= 11 is 0. The highest BCUT2D eigenvalue weighted by atomic mass is 16.8. The topological polar surface area (TPSA) is 346 Å². The number of aliphatic hydroxyl groups excluding tert-OH is 12. The highest BCUT2D eigenvalue weighted by molar-refractivity contribution is 5.75. The molecular formula is C22H38O20. The lowest BCUT2D eigenvalue weighted by atomic mass is 9.91. The number of carboxylic acids is 1. The van der Waals surface area contributed by atoms with Crippen molar-refractivity contribution in [2.45, 2.75) is 110 Å². The van der Waals surface area contributed by atoms with E-state index in [1.165, 1.54) is 0 Å². The molecule has 17 atom stereocenters. The molecule has 14 N–H and O–H groups in total. The zero-order valence-corrected chi connectivity index (χ0v) is 21.8. The van der Waals surface area contributed by atoms with Gasteiger partial charge < -0.3 is 95.2 Å². The van der Waals surface area contributed by atoms with Gasteiger partial charge in [0.05, 0.1) is 25.9 Å². The molecule has 0 saturated carbocycles. The van der Waals surface area contributed by atoms with Gasteiger partial charge in [-0.3, -0.25) is 0 Å². The molecule has 0 aromatic rings. The molecule has 0 aromatic heterocycles.